The molecule has 0 bridgehead atoms. The van der Waals surface area contributed by atoms with Gasteiger partial charge < -0.3 is 14.2 Å². The van der Waals surface area contributed by atoms with Gasteiger partial charge in [0.25, 0.3) is 0 Å². The lowest BCUT2D eigenvalue weighted by atomic mass is 10.0. The van der Waals surface area contributed by atoms with Crippen LogP contribution in [0.1, 0.15) is 412 Å². The number of hydrogen-bond donors (Lipinski definition) is 0. The number of ether oxygens (including phenoxy) is 3. The standard InChI is InChI=1S/C72H138O6/c1-4-7-10-13-16-19-22-24-26-28-30-31-32-33-34-35-36-37-38-39-40-41-42-43-45-46-48-50-53-56-59-62-65-71(74)77-68-69(67-76-70(73)64-61-58-55-52-21-18-15-12-9-6-3)78-72(75)66-63-60-57-54-51-49-47-44-29-27-25-23-20-17-14-11-8-5-2/h27,29,69H,4-26,28,30-68H2,1-3H3/b29-27-. The first kappa shape index (κ1) is 76.1. The SMILES string of the molecule is CCCCCCCCC/C=C\CCCCCCCCCC(=O)OC(COC(=O)CCCCCCCCCCCC)COC(=O)CCCCCCCCCCCCCCCCCCCCCCCCCCCCCCCCCC. The molecule has 0 aliphatic carbocycles. The quantitative estimate of drug-likeness (QED) is 0.0261. The second-order valence-corrected chi connectivity index (χ2v) is 24.5. The van der Waals surface area contributed by atoms with Crippen molar-refractivity contribution in [2.45, 2.75) is 419 Å². The van der Waals surface area contributed by atoms with Crippen LogP contribution >= 0.6 is 0 Å². The summed E-state index contributed by atoms with van der Waals surface area (Å²) >= 11 is 0. The van der Waals surface area contributed by atoms with E-state index < -0.39 is 6.10 Å². The van der Waals surface area contributed by atoms with E-state index >= 15 is 0 Å². The van der Waals surface area contributed by atoms with Crippen molar-refractivity contribution >= 4 is 17.9 Å². The maximum atomic E-state index is 12.9. The fourth-order valence-electron chi connectivity index (χ4n) is 11.2. The predicted octanol–water partition coefficient (Wildman–Crippen LogP) is 24.4. The molecule has 78 heavy (non-hydrogen) atoms. The van der Waals surface area contributed by atoms with E-state index in [0.29, 0.717) is 19.3 Å². The van der Waals surface area contributed by atoms with Gasteiger partial charge in [-0.25, -0.2) is 0 Å². The number of carbonyl (C=O) groups is 3. The van der Waals surface area contributed by atoms with Crippen molar-refractivity contribution in [3.8, 4) is 0 Å². The van der Waals surface area contributed by atoms with E-state index in [4.69, 9.17) is 14.2 Å². The minimum absolute atomic E-state index is 0.0654. The molecule has 0 spiro atoms. The lowest BCUT2D eigenvalue weighted by molar-refractivity contribution is -0.167. The molecule has 0 aromatic carbocycles. The minimum atomic E-state index is -0.768. The lowest BCUT2D eigenvalue weighted by Gasteiger charge is -2.18. The maximum Gasteiger partial charge on any atom is 0.306 e. The van der Waals surface area contributed by atoms with Crippen LogP contribution in [-0.2, 0) is 28.6 Å². The van der Waals surface area contributed by atoms with Gasteiger partial charge in [0.15, 0.2) is 6.10 Å². The van der Waals surface area contributed by atoms with Crippen LogP contribution in [0, 0.1) is 0 Å². The van der Waals surface area contributed by atoms with Crippen LogP contribution in [0.25, 0.3) is 0 Å². The van der Waals surface area contributed by atoms with Crippen LogP contribution in [-0.4, -0.2) is 37.2 Å². The van der Waals surface area contributed by atoms with E-state index in [9.17, 15) is 14.4 Å². The summed E-state index contributed by atoms with van der Waals surface area (Å²) in [5.74, 6) is -0.841. The van der Waals surface area contributed by atoms with Gasteiger partial charge in [-0.15, -0.1) is 0 Å². The second-order valence-electron chi connectivity index (χ2n) is 24.5. The molecule has 0 saturated carbocycles. The zero-order valence-corrected chi connectivity index (χ0v) is 53.2. The molecule has 1 atom stereocenters. The van der Waals surface area contributed by atoms with E-state index in [-0.39, 0.29) is 31.1 Å². The van der Waals surface area contributed by atoms with Crippen molar-refractivity contribution in [3.05, 3.63) is 12.2 Å². The average Bonchev–Trinajstić information content (AvgIpc) is 3.44. The second kappa shape index (κ2) is 67.7. The van der Waals surface area contributed by atoms with Crippen LogP contribution in [0.2, 0.25) is 0 Å². The van der Waals surface area contributed by atoms with E-state index in [1.807, 2.05) is 0 Å². The molecule has 0 saturated heterocycles. The molecule has 0 heterocycles. The first-order valence-electron chi connectivity index (χ1n) is 35.7. The van der Waals surface area contributed by atoms with Crippen LogP contribution < -0.4 is 0 Å². The van der Waals surface area contributed by atoms with Gasteiger partial charge in [0, 0.05) is 19.3 Å². The van der Waals surface area contributed by atoms with Crippen molar-refractivity contribution in [1.82, 2.24) is 0 Å². The highest BCUT2D eigenvalue weighted by Gasteiger charge is 2.19. The van der Waals surface area contributed by atoms with Crippen molar-refractivity contribution in [3.63, 3.8) is 0 Å². The number of hydrogen-bond acceptors (Lipinski definition) is 6. The summed E-state index contributed by atoms with van der Waals surface area (Å²) in [4.78, 5) is 38.3. The number of carbonyl (C=O) groups excluding carboxylic acids is 3. The van der Waals surface area contributed by atoms with Gasteiger partial charge in [-0.3, -0.25) is 14.4 Å². The molecular formula is C72H138O6. The molecule has 0 N–H and O–H groups in total. The third kappa shape index (κ3) is 65.0. The van der Waals surface area contributed by atoms with E-state index in [1.165, 1.54) is 315 Å². The summed E-state index contributed by atoms with van der Waals surface area (Å²) in [5, 5.41) is 0. The fourth-order valence-corrected chi connectivity index (χ4v) is 11.2. The summed E-state index contributed by atoms with van der Waals surface area (Å²) in [6.45, 7) is 6.70. The van der Waals surface area contributed by atoms with Crippen molar-refractivity contribution in [1.29, 1.82) is 0 Å². The maximum absolute atomic E-state index is 12.9. The largest absolute Gasteiger partial charge is 0.462 e. The highest BCUT2D eigenvalue weighted by Crippen LogP contribution is 2.19. The van der Waals surface area contributed by atoms with Gasteiger partial charge in [0.1, 0.15) is 13.2 Å². The molecule has 0 amide bonds. The normalized spacial score (nSPS) is 12.0. The number of unbranched alkanes of at least 4 members (excludes halogenated alkanes) is 54. The lowest BCUT2D eigenvalue weighted by Crippen LogP contribution is -2.30. The smallest absolute Gasteiger partial charge is 0.306 e. The summed E-state index contributed by atoms with van der Waals surface area (Å²) in [7, 11) is 0. The molecule has 1 unspecified atom stereocenters. The highest BCUT2D eigenvalue weighted by molar-refractivity contribution is 5.71. The van der Waals surface area contributed by atoms with Crippen LogP contribution in [0.15, 0.2) is 12.2 Å². The van der Waals surface area contributed by atoms with Gasteiger partial charge >= 0.3 is 17.9 Å². The predicted molar refractivity (Wildman–Crippen MR) is 340 cm³/mol. The Bertz CT molecular complexity index is 1210. The Hall–Kier alpha value is -1.85. The molecular weight excluding hydrogens is 961 g/mol. The summed E-state index contributed by atoms with van der Waals surface area (Å²) in [6.07, 6.45) is 81.3. The number of rotatable bonds is 67. The van der Waals surface area contributed by atoms with Gasteiger partial charge in [0.05, 0.1) is 0 Å². The third-order valence-corrected chi connectivity index (χ3v) is 16.5. The Labute approximate surface area is 488 Å². The molecule has 6 nitrogen and oxygen atoms in total. The Balaban J connectivity index is 4.03. The van der Waals surface area contributed by atoms with Gasteiger partial charge in [-0.1, -0.05) is 360 Å². The molecule has 0 aliphatic heterocycles. The minimum Gasteiger partial charge on any atom is -0.462 e. The molecule has 462 valence electrons. The van der Waals surface area contributed by atoms with E-state index in [0.717, 1.165) is 57.8 Å². The van der Waals surface area contributed by atoms with Crippen molar-refractivity contribution in [2.75, 3.05) is 13.2 Å². The number of esters is 3. The monoisotopic (exact) mass is 1100 g/mol. The van der Waals surface area contributed by atoms with Gasteiger partial charge in [0.2, 0.25) is 0 Å². The zero-order chi connectivity index (χ0) is 56.4. The van der Waals surface area contributed by atoms with Gasteiger partial charge in [-0.05, 0) is 44.9 Å². The fraction of sp³-hybridized carbons (Fsp3) is 0.931. The third-order valence-electron chi connectivity index (χ3n) is 16.5. The molecule has 0 aromatic rings. The first-order chi connectivity index (χ1) is 38.5. The van der Waals surface area contributed by atoms with Crippen LogP contribution in [0.3, 0.4) is 0 Å². The molecule has 0 radical (unpaired) electrons. The average molecular weight is 1100 g/mol. The highest BCUT2D eigenvalue weighted by atomic mass is 16.6. The Morgan fingerprint density at radius 1 is 0.244 bits per heavy atom. The van der Waals surface area contributed by atoms with Crippen LogP contribution in [0.4, 0.5) is 0 Å². The topological polar surface area (TPSA) is 78.9 Å². The Morgan fingerprint density at radius 3 is 0.641 bits per heavy atom. The molecule has 0 fully saturated rings. The number of allylic oxidation sites excluding steroid dienone is 2. The van der Waals surface area contributed by atoms with Crippen molar-refractivity contribution < 1.29 is 28.6 Å². The van der Waals surface area contributed by atoms with E-state index in [1.54, 1.807) is 0 Å². The molecule has 0 aromatic heterocycles. The van der Waals surface area contributed by atoms with Crippen molar-refractivity contribution in [2.24, 2.45) is 0 Å². The zero-order valence-electron chi connectivity index (χ0n) is 53.2. The van der Waals surface area contributed by atoms with Crippen LogP contribution in [0.5, 0.6) is 0 Å². The first-order valence-corrected chi connectivity index (χ1v) is 35.7. The van der Waals surface area contributed by atoms with E-state index in [2.05, 4.69) is 32.9 Å². The molecule has 0 aliphatic rings. The summed E-state index contributed by atoms with van der Waals surface area (Å²) in [5.41, 5.74) is 0. The molecule has 6 heteroatoms. The summed E-state index contributed by atoms with van der Waals surface area (Å²) < 4.78 is 16.9. The summed E-state index contributed by atoms with van der Waals surface area (Å²) in [6, 6.07) is 0. The Kier molecular flexibility index (Phi) is 66.0. The van der Waals surface area contributed by atoms with Gasteiger partial charge in [-0.2, -0.15) is 0 Å². The molecule has 0 rings (SSSR count). The Morgan fingerprint density at radius 2 is 0.423 bits per heavy atom.